The molecule has 1 aliphatic heterocycles. The molecule has 0 atom stereocenters. The number of hydrogen-bond acceptors (Lipinski definition) is 7. The van der Waals surface area contributed by atoms with Crippen molar-refractivity contribution in [2.75, 3.05) is 55.9 Å². The second-order valence-electron chi connectivity index (χ2n) is 7.78. The molecule has 1 aliphatic rings. The Labute approximate surface area is 205 Å². The van der Waals surface area contributed by atoms with E-state index in [0.717, 1.165) is 12.1 Å². The van der Waals surface area contributed by atoms with Crippen molar-refractivity contribution >= 4 is 29.3 Å². The summed E-state index contributed by atoms with van der Waals surface area (Å²) in [6.45, 7) is 1.73. The Bertz CT molecular complexity index is 1240. The van der Waals surface area contributed by atoms with Gasteiger partial charge in [0.05, 0.1) is 37.2 Å². The minimum Gasteiger partial charge on any atom is -0.481 e. The summed E-state index contributed by atoms with van der Waals surface area (Å²) in [7, 11) is 3.01. The molecule has 12 heteroatoms. The number of methoxy groups -OCH3 is 2. The first-order valence-corrected chi connectivity index (χ1v) is 11.0. The fourth-order valence-corrected chi connectivity index (χ4v) is 3.67. The number of benzene rings is 2. The Morgan fingerprint density at radius 2 is 1.50 bits per heavy atom. The predicted molar refractivity (Wildman–Crippen MR) is 129 cm³/mol. The SMILES string of the molecule is COc1cc(OC)nc(N2CCN(C(=O)c3ccccc3NC(=O)Nc3ccc(F)cc3F)CC2)n1. The van der Waals surface area contributed by atoms with Crippen LogP contribution in [-0.4, -0.2) is 67.2 Å². The van der Waals surface area contributed by atoms with Gasteiger partial charge in [-0.3, -0.25) is 4.79 Å². The van der Waals surface area contributed by atoms with E-state index in [4.69, 9.17) is 9.47 Å². The quantitative estimate of drug-likeness (QED) is 0.536. The minimum atomic E-state index is -0.912. The lowest BCUT2D eigenvalue weighted by Gasteiger charge is -2.35. The van der Waals surface area contributed by atoms with Crippen molar-refractivity contribution in [1.82, 2.24) is 14.9 Å². The molecule has 2 N–H and O–H groups in total. The maximum absolute atomic E-state index is 13.9. The summed E-state index contributed by atoms with van der Waals surface area (Å²) in [4.78, 5) is 38.0. The number of carbonyl (C=O) groups is 2. The molecule has 3 amide bonds. The monoisotopic (exact) mass is 498 g/mol. The van der Waals surface area contributed by atoms with Gasteiger partial charge >= 0.3 is 6.03 Å². The van der Waals surface area contributed by atoms with Crippen LogP contribution in [0.5, 0.6) is 11.8 Å². The van der Waals surface area contributed by atoms with Crippen molar-refractivity contribution in [3.05, 3.63) is 65.7 Å². The molecule has 10 nitrogen and oxygen atoms in total. The molecule has 36 heavy (non-hydrogen) atoms. The van der Waals surface area contributed by atoms with Crippen molar-refractivity contribution < 1.29 is 27.8 Å². The van der Waals surface area contributed by atoms with Crippen molar-refractivity contribution in [2.24, 2.45) is 0 Å². The van der Waals surface area contributed by atoms with E-state index >= 15 is 0 Å². The molecule has 188 valence electrons. The number of anilines is 3. The molecule has 0 saturated carbocycles. The topological polar surface area (TPSA) is 109 Å². The molecule has 1 aromatic heterocycles. The summed E-state index contributed by atoms with van der Waals surface area (Å²) >= 11 is 0. The Morgan fingerprint density at radius 3 is 2.14 bits per heavy atom. The van der Waals surface area contributed by atoms with E-state index in [2.05, 4.69) is 20.6 Å². The van der Waals surface area contributed by atoms with Crippen LogP contribution >= 0.6 is 0 Å². The summed E-state index contributed by atoms with van der Waals surface area (Å²) in [6, 6.07) is 10.1. The Kier molecular flexibility index (Phi) is 7.42. The van der Waals surface area contributed by atoms with E-state index in [9.17, 15) is 18.4 Å². The number of urea groups is 1. The van der Waals surface area contributed by atoms with Crippen LogP contribution in [0.3, 0.4) is 0 Å². The lowest BCUT2D eigenvalue weighted by atomic mass is 10.1. The van der Waals surface area contributed by atoms with Crippen LogP contribution in [0.25, 0.3) is 0 Å². The average molecular weight is 498 g/mol. The van der Waals surface area contributed by atoms with Crippen molar-refractivity contribution in [2.45, 2.75) is 0 Å². The molecule has 2 heterocycles. The molecule has 0 aliphatic carbocycles. The van der Waals surface area contributed by atoms with Gasteiger partial charge in [0.25, 0.3) is 5.91 Å². The normalized spacial score (nSPS) is 13.2. The second-order valence-corrected chi connectivity index (χ2v) is 7.78. The third-order valence-electron chi connectivity index (χ3n) is 5.52. The lowest BCUT2D eigenvalue weighted by Crippen LogP contribution is -2.49. The highest BCUT2D eigenvalue weighted by Crippen LogP contribution is 2.23. The van der Waals surface area contributed by atoms with E-state index < -0.39 is 17.7 Å². The number of halogens is 2. The summed E-state index contributed by atoms with van der Waals surface area (Å²) in [6.07, 6.45) is 0. The number of aromatic nitrogens is 2. The summed E-state index contributed by atoms with van der Waals surface area (Å²) in [5, 5.41) is 4.88. The zero-order chi connectivity index (χ0) is 25.7. The third kappa shape index (κ3) is 5.59. The predicted octanol–water partition coefficient (Wildman–Crippen LogP) is 3.38. The van der Waals surface area contributed by atoms with E-state index in [1.165, 1.54) is 14.2 Å². The van der Waals surface area contributed by atoms with Crippen LogP contribution in [0, 0.1) is 11.6 Å². The summed E-state index contributed by atoms with van der Waals surface area (Å²) in [5.41, 5.74) is 0.344. The Hall–Kier alpha value is -4.48. The molecule has 3 aromatic rings. The number of nitrogens with one attached hydrogen (secondary N) is 2. The number of amides is 3. The van der Waals surface area contributed by atoms with E-state index in [1.807, 2.05) is 4.90 Å². The molecule has 0 unspecified atom stereocenters. The molecule has 0 spiro atoms. The largest absolute Gasteiger partial charge is 0.481 e. The van der Waals surface area contributed by atoms with E-state index in [0.29, 0.717) is 50.0 Å². The van der Waals surface area contributed by atoms with Gasteiger partial charge in [-0.2, -0.15) is 9.97 Å². The number of piperazine rings is 1. The minimum absolute atomic E-state index is 0.190. The van der Waals surface area contributed by atoms with Gasteiger partial charge in [-0.15, -0.1) is 0 Å². The molecular weight excluding hydrogens is 474 g/mol. The van der Waals surface area contributed by atoms with Gasteiger partial charge in [-0.1, -0.05) is 12.1 Å². The second kappa shape index (κ2) is 10.8. The lowest BCUT2D eigenvalue weighted by molar-refractivity contribution is 0.0747. The fraction of sp³-hybridized carbons (Fsp3) is 0.250. The van der Waals surface area contributed by atoms with Crippen LogP contribution in [0.2, 0.25) is 0 Å². The van der Waals surface area contributed by atoms with E-state index in [1.54, 1.807) is 35.2 Å². The highest BCUT2D eigenvalue weighted by molar-refractivity contribution is 6.06. The first kappa shape index (κ1) is 24.6. The number of rotatable bonds is 6. The number of para-hydroxylation sites is 1. The maximum Gasteiger partial charge on any atom is 0.323 e. The zero-order valence-corrected chi connectivity index (χ0v) is 19.6. The first-order chi connectivity index (χ1) is 17.4. The van der Waals surface area contributed by atoms with Crippen molar-refractivity contribution in [1.29, 1.82) is 0 Å². The van der Waals surface area contributed by atoms with Crippen molar-refractivity contribution in [3.63, 3.8) is 0 Å². The van der Waals surface area contributed by atoms with E-state index in [-0.39, 0.29) is 22.8 Å². The molecule has 4 rings (SSSR count). The summed E-state index contributed by atoms with van der Waals surface area (Å²) in [5.74, 6) is -0.771. The maximum atomic E-state index is 13.9. The number of carbonyl (C=O) groups excluding carboxylic acids is 2. The summed E-state index contributed by atoms with van der Waals surface area (Å²) < 4.78 is 37.4. The van der Waals surface area contributed by atoms with Gasteiger partial charge in [0.15, 0.2) is 0 Å². The van der Waals surface area contributed by atoms with Gasteiger partial charge in [-0.25, -0.2) is 13.6 Å². The molecular formula is C24H24F2N6O4. The van der Waals surface area contributed by atoms with Gasteiger partial charge in [0, 0.05) is 32.2 Å². The molecule has 1 fully saturated rings. The van der Waals surface area contributed by atoms with Crippen LogP contribution in [-0.2, 0) is 0 Å². The third-order valence-corrected chi connectivity index (χ3v) is 5.52. The average Bonchev–Trinajstić information content (AvgIpc) is 2.90. The highest BCUT2D eigenvalue weighted by atomic mass is 19.1. The number of hydrogen-bond donors (Lipinski definition) is 2. The van der Waals surface area contributed by atoms with Crippen LogP contribution in [0.1, 0.15) is 10.4 Å². The van der Waals surface area contributed by atoms with Crippen LogP contribution in [0.15, 0.2) is 48.5 Å². The Balaban J connectivity index is 1.42. The smallest absolute Gasteiger partial charge is 0.323 e. The first-order valence-electron chi connectivity index (χ1n) is 11.0. The molecule has 1 saturated heterocycles. The highest BCUT2D eigenvalue weighted by Gasteiger charge is 2.26. The van der Waals surface area contributed by atoms with Crippen LogP contribution in [0.4, 0.5) is 30.9 Å². The number of nitrogens with zero attached hydrogens (tertiary/aromatic N) is 4. The van der Waals surface area contributed by atoms with Crippen LogP contribution < -0.4 is 25.0 Å². The molecule has 0 radical (unpaired) electrons. The molecule has 2 aromatic carbocycles. The van der Waals surface area contributed by atoms with Crippen molar-refractivity contribution in [3.8, 4) is 11.8 Å². The standard InChI is InChI=1S/C24H24F2N6O4/c1-35-20-14-21(36-2)30-23(29-20)32-11-9-31(10-12-32)22(33)16-5-3-4-6-18(16)27-24(34)28-19-8-7-15(25)13-17(19)26/h3-8,13-14H,9-12H2,1-2H3,(H2,27,28,34). The van der Waals surface area contributed by atoms with Gasteiger partial charge < -0.3 is 29.9 Å². The fourth-order valence-electron chi connectivity index (χ4n) is 3.67. The van der Waals surface area contributed by atoms with Gasteiger partial charge in [-0.05, 0) is 24.3 Å². The van der Waals surface area contributed by atoms with Gasteiger partial charge in [0.2, 0.25) is 17.7 Å². The zero-order valence-electron chi connectivity index (χ0n) is 19.6. The number of ether oxygens (including phenoxy) is 2. The Morgan fingerprint density at radius 1 is 0.861 bits per heavy atom. The molecule has 0 bridgehead atoms. The van der Waals surface area contributed by atoms with Gasteiger partial charge in [0.1, 0.15) is 11.6 Å².